The van der Waals surface area contributed by atoms with E-state index in [1.165, 1.54) is 21.3 Å². The summed E-state index contributed by atoms with van der Waals surface area (Å²) >= 11 is 9.41. The Morgan fingerprint density at radius 2 is 0.733 bits per heavy atom. The van der Waals surface area contributed by atoms with E-state index in [0.717, 1.165) is 37.9 Å². The van der Waals surface area contributed by atoms with Gasteiger partial charge in [0.05, 0.1) is 18.3 Å². The van der Waals surface area contributed by atoms with E-state index in [9.17, 15) is 72.9 Å². The van der Waals surface area contributed by atoms with Crippen molar-refractivity contribution in [1.29, 1.82) is 0 Å². The Morgan fingerprint density at radius 1 is 0.427 bits per heavy atom. The van der Waals surface area contributed by atoms with Crippen LogP contribution in [0, 0.1) is 95.7 Å². The first-order chi connectivity index (χ1) is 71.5. The van der Waals surface area contributed by atoms with Crippen molar-refractivity contribution in [2.75, 3.05) is 21.3 Å². The van der Waals surface area contributed by atoms with Gasteiger partial charge in [-0.3, -0.25) is 14.4 Å². The molecule has 3 aromatic carbocycles. The molecular formula is C115H135BrClN3O30. The maximum Gasteiger partial charge on any atom is 0.397 e. The number of aryl methyl sites for hydroxylation is 1. The molecule has 3 saturated heterocycles. The second kappa shape index (κ2) is 46.6. The summed E-state index contributed by atoms with van der Waals surface area (Å²) < 4.78 is 91.8. The van der Waals surface area contributed by atoms with Gasteiger partial charge in [-0.2, -0.15) is 0 Å². The highest BCUT2D eigenvalue weighted by Gasteiger charge is 2.73. The lowest BCUT2D eigenvalue weighted by molar-refractivity contribution is -0.180. The van der Waals surface area contributed by atoms with Crippen LogP contribution in [0.15, 0.2) is 220 Å². The van der Waals surface area contributed by atoms with Crippen LogP contribution in [0.1, 0.15) is 144 Å². The Kier molecular flexibility index (Phi) is 34.6. The van der Waals surface area contributed by atoms with Gasteiger partial charge in [-0.25, -0.2) is 43.2 Å². The van der Waals surface area contributed by atoms with Gasteiger partial charge in [0.25, 0.3) is 0 Å². The molecule has 6 aliphatic heterocycles. The lowest BCUT2D eigenvalue weighted by Crippen LogP contribution is -2.57. The SMILES string of the molecule is CO[C@H]1C[C@H]2C=CC3C4[C@H](O)[C@@H](C)[C@@H](OC(=O)C5=CC=CC5)[C@@H]3O[C@]42/C(C)=C/[C@@H](C)[C@@H]([C@@H](C)OC(=O)C(=O)NCc2ccc(C)cc2)OC1=O.CO[C@H]1C[C@H]2C=CC3C4[C@H](O)[C@@H](C)[C@@H](OC(=O)C5=CC=CC5)[C@@H]3O[C@]42/C(C)=C/[C@@H](C)[C@@H]([C@@H](C)OC(=O)C(=O)NCc2cccc(Br)c2)OC1=O.CO[C@H]1C[C@H]2C=CC3C4[C@H](O)[C@@H](C)[C@@H](OC(=O)C5=CC=CC5)[C@@H]3O[C@]42/C(C)=C/[C@@H](C)[C@@H]([C@@H](C)OC(=O)C(=O)NCc2cccc(Cl)c2)OC1=O. The first-order valence-corrected chi connectivity index (χ1v) is 52.8. The summed E-state index contributed by atoms with van der Waals surface area (Å²) in [5.74, 6) is -15.2. The van der Waals surface area contributed by atoms with Gasteiger partial charge in [0.1, 0.15) is 90.1 Å². The molecule has 18 rings (SSSR count). The zero-order valence-electron chi connectivity index (χ0n) is 86.9. The molecule has 3 amide bonds. The molecule has 36 atom stereocenters. The molecule has 6 fully saturated rings. The monoisotopic (exact) mass is 2150 g/mol. The average Bonchev–Trinajstić information content (AvgIpc) is 1.54. The van der Waals surface area contributed by atoms with E-state index in [1.807, 2.05) is 209 Å². The molecule has 9 aliphatic carbocycles. The second-order valence-electron chi connectivity index (χ2n) is 42.4. The third-order valence-electron chi connectivity index (χ3n) is 33.1. The number of benzene rings is 3. The van der Waals surface area contributed by atoms with E-state index in [2.05, 4.69) is 31.9 Å². The fourth-order valence-electron chi connectivity index (χ4n) is 25.5. The number of aliphatic hydroxyl groups excluding tert-OH is 3. The van der Waals surface area contributed by atoms with Crippen LogP contribution in [0.4, 0.5) is 0 Å². The summed E-state index contributed by atoms with van der Waals surface area (Å²) in [4.78, 5) is 157. The van der Waals surface area contributed by atoms with Crippen molar-refractivity contribution < 1.29 is 144 Å². The number of nitrogens with one attached hydrogen (secondary N) is 3. The number of cyclic esters (lactones) is 3. The van der Waals surface area contributed by atoms with Crippen LogP contribution in [-0.4, -0.2) is 235 Å². The second-order valence-corrected chi connectivity index (χ2v) is 43.7. The number of hydrogen-bond acceptors (Lipinski definition) is 30. The van der Waals surface area contributed by atoms with Gasteiger partial charge in [0.2, 0.25) is 0 Å². The third-order valence-corrected chi connectivity index (χ3v) is 33.8. The average molecular weight is 2150 g/mol. The molecule has 6 unspecified atom stereocenters. The summed E-state index contributed by atoms with van der Waals surface area (Å²) in [6.45, 7) is 23.9. The van der Waals surface area contributed by atoms with Crippen molar-refractivity contribution in [2.45, 2.75) is 275 Å². The molecule has 3 aromatic rings. The predicted molar refractivity (Wildman–Crippen MR) is 546 cm³/mol. The Hall–Kier alpha value is -11.4. The first kappa shape index (κ1) is 111. The minimum atomic E-state index is -1.13. The number of aliphatic hydroxyl groups is 3. The highest BCUT2D eigenvalue weighted by Crippen LogP contribution is 2.65. The smallest absolute Gasteiger partial charge is 0.397 e. The van der Waals surface area contributed by atoms with Gasteiger partial charge < -0.3 is 102 Å². The van der Waals surface area contributed by atoms with Gasteiger partial charge in [0.15, 0.2) is 18.3 Å². The number of hydrogen-bond donors (Lipinski definition) is 6. The van der Waals surface area contributed by atoms with Crippen LogP contribution in [0.3, 0.4) is 0 Å². The lowest BCUT2D eigenvalue weighted by Gasteiger charge is -2.49. The summed E-state index contributed by atoms with van der Waals surface area (Å²) in [7, 11) is 4.27. The van der Waals surface area contributed by atoms with Crippen LogP contribution < -0.4 is 16.0 Å². The van der Waals surface area contributed by atoms with E-state index in [0.29, 0.717) is 46.6 Å². The minimum absolute atomic E-state index is 0.0651. The standard InChI is InChI=1S/C39H47NO10.C38H44BrNO10.C38H44ClNO10/c1-20-11-13-25(14-12-20)19-40-35(42)38(45)47-24(5)32-21(2)17-22(3)39-27(18-29(46-6)37(44)48-32)15-16-28-30(39)31(41)23(4)33(34(28)50-39)49-36(43)26-9-7-8-10-26;2*1-19-15-20(2)38-25(13-14-27-29(38)30(41)21(3)32(33(27)50-38)49-35(43)24-10-6-7-11-24)17-28(46-5)36(44)48-31(19)22(4)47-37(45)34(42)40-18-23-9-8-12-26(39)16-23/h7-9,11-17,21,23-24,27-34,41H,10,18-19H2,1-6H3,(H,40,42);2*6-10,12-16,19,21-22,25,27-33,41H,11,17-18H2,1-5H3,(H,40,42)/b22-17+;2*20-15+/t21-,23-,24-,27-,28?,29+,30?,31-,32+,33-,34-,39+;2*19-,21-,22-,25-,27?,28+,29?,30-,31+,32-,33-,38+/m111/s1. The van der Waals surface area contributed by atoms with Crippen LogP contribution in [-0.2, 0) is 148 Å². The largest absolute Gasteiger partial charge is 0.456 e. The Morgan fingerprint density at radius 3 is 1.03 bits per heavy atom. The molecule has 0 aromatic heterocycles. The van der Waals surface area contributed by atoms with Crippen molar-refractivity contribution in [1.82, 2.24) is 16.0 Å². The Labute approximate surface area is 885 Å². The molecule has 35 heteroatoms. The van der Waals surface area contributed by atoms with Gasteiger partial charge in [-0.15, -0.1) is 0 Å². The fourth-order valence-corrected chi connectivity index (χ4v) is 26.1. The summed E-state index contributed by atoms with van der Waals surface area (Å²) in [5, 5.41) is 44.0. The fraction of sp³-hybridized carbons (Fsp3) is 0.530. The molecule has 0 radical (unpaired) electrons. The summed E-state index contributed by atoms with van der Waals surface area (Å²) in [6.07, 6.45) is 20.9. The molecular weight excluding hydrogens is 2020 g/mol. The Bertz CT molecular complexity index is 5830. The topological polar surface area (TPSA) is 440 Å². The van der Waals surface area contributed by atoms with Gasteiger partial charge in [-0.1, -0.05) is 233 Å². The van der Waals surface area contributed by atoms with Crippen LogP contribution in [0.5, 0.6) is 0 Å². The van der Waals surface area contributed by atoms with Crippen LogP contribution >= 0.6 is 27.5 Å². The Balaban J connectivity index is 0.000000160. The number of ether oxygens (including phenoxy) is 15. The number of rotatable bonds is 21. The van der Waals surface area contributed by atoms with E-state index in [-0.39, 0.29) is 86.2 Å². The number of carbonyl (C=O) groups excluding carboxylic acids is 12. The summed E-state index contributed by atoms with van der Waals surface area (Å²) in [6, 6.07) is 21.7. The zero-order chi connectivity index (χ0) is 108. The van der Waals surface area contributed by atoms with Crippen molar-refractivity contribution >= 4 is 99.0 Å². The molecule has 6 heterocycles. The normalized spacial score (nSPS) is 37.4. The van der Waals surface area contributed by atoms with Crippen molar-refractivity contribution in [3.63, 3.8) is 0 Å². The van der Waals surface area contributed by atoms with E-state index < -0.39 is 240 Å². The van der Waals surface area contributed by atoms with Gasteiger partial charge in [0, 0.05) is 156 Å². The molecule has 15 aliphatic rings. The minimum Gasteiger partial charge on any atom is -0.456 e. The molecule has 6 N–H and O–H groups in total. The molecule has 3 saturated carbocycles. The maximum atomic E-state index is 13.7. The number of esters is 9. The third kappa shape index (κ3) is 22.2. The van der Waals surface area contributed by atoms with Gasteiger partial charge in [-0.05, 0) is 145 Å². The van der Waals surface area contributed by atoms with Crippen molar-refractivity contribution in [3.05, 3.63) is 247 Å². The highest BCUT2D eigenvalue weighted by atomic mass is 79.9. The van der Waals surface area contributed by atoms with E-state index in [1.54, 1.807) is 63.3 Å². The number of methoxy groups -OCH3 is 3. The maximum absolute atomic E-state index is 13.7. The first-order valence-electron chi connectivity index (χ1n) is 51.7. The van der Waals surface area contributed by atoms with E-state index in [4.69, 9.17) is 82.7 Å². The van der Waals surface area contributed by atoms with E-state index >= 15 is 0 Å². The van der Waals surface area contributed by atoms with Crippen LogP contribution in [0.25, 0.3) is 0 Å². The molecule has 33 nitrogen and oxygen atoms in total. The van der Waals surface area contributed by atoms with Gasteiger partial charge >= 0.3 is 71.4 Å². The number of halogens is 2. The number of amides is 3. The quantitative estimate of drug-likeness (QED) is 0.0250. The molecule has 12 bridgehead atoms. The molecule has 3 spiro atoms. The summed E-state index contributed by atoms with van der Waals surface area (Å²) in [5.41, 5.74) is 4.31. The molecule has 804 valence electrons. The van der Waals surface area contributed by atoms with Crippen molar-refractivity contribution in [3.8, 4) is 0 Å². The number of allylic oxidation sites excluding steroid dienone is 9. The number of carbonyl (C=O) groups is 12. The van der Waals surface area contributed by atoms with Crippen LogP contribution in [0.2, 0.25) is 5.02 Å². The lowest BCUT2D eigenvalue weighted by atomic mass is 9.57. The molecule has 150 heavy (non-hydrogen) atoms. The highest BCUT2D eigenvalue weighted by molar-refractivity contribution is 9.10. The zero-order valence-corrected chi connectivity index (χ0v) is 89.2. The van der Waals surface area contributed by atoms with Crippen molar-refractivity contribution in [2.24, 2.45) is 88.8 Å². The predicted octanol–water partition coefficient (Wildman–Crippen LogP) is 12.3.